The molecule has 2 bridgehead atoms. The van der Waals surface area contributed by atoms with Crippen LogP contribution in [0.15, 0.2) is 29.0 Å². The molecule has 4 heteroatoms. The van der Waals surface area contributed by atoms with Crippen LogP contribution in [0.4, 0.5) is 0 Å². The third kappa shape index (κ3) is 1.92. The summed E-state index contributed by atoms with van der Waals surface area (Å²) in [7, 11) is 0. The van der Waals surface area contributed by atoms with Crippen LogP contribution in [0.2, 0.25) is 0 Å². The summed E-state index contributed by atoms with van der Waals surface area (Å²) in [6.07, 6.45) is 11.0. The van der Waals surface area contributed by atoms with Crippen LogP contribution in [-0.2, 0) is 6.42 Å². The van der Waals surface area contributed by atoms with E-state index in [4.69, 9.17) is 14.4 Å². The van der Waals surface area contributed by atoms with Crippen molar-refractivity contribution < 1.29 is 9.15 Å². The molecule has 4 aliphatic rings. The molecule has 23 heavy (non-hydrogen) atoms. The number of hydrogen-bond donors (Lipinski definition) is 0. The van der Waals surface area contributed by atoms with Crippen molar-refractivity contribution in [2.75, 3.05) is 0 Å². The van der Waals surface area contributed by atoms with Crippen LogP contribution in [0.25, 0.3) is 11.1 Å². The van der Waals surface area contributed by atoms with E-state index in [9.17, 15) is 0 Å². The summed E-state index contributed by atoms with van der Waals surface area (Å²) in [6.45, 7) is 0. The monoisotopic (exact) mass is 306 g/mol. The SMILES string of the molecule is N#Cc1cc(-c2cnc3c(c2)C[C@@]2(CC4CCC2CC4)O3)co1. The number of rotatable bonds is 1. The van der Waals surface area contributed by atoms with Gasteiger partial charge in [0, 0.05) is 35.4 Å². The highest BCUT2D eigenvalue weighted by molar-refractivity contribution is 5.64. The van der Waals surface area contributed by atoms with Gasteiger partial charge in [-0.05, 0) is 50.0 Å². The first kappa shape index (κ1) is 13.2. The number of furan rings is 1. The zero-order valence-electron chi connectivity index (χ0n) is 12.9. The zero-order valence-corrected chi connectivity index (χ0v) is 12.9. The van der Waals surface area contributed by atoms with Gasteiger partial charge in [0.25, 0.3) is 0 Å². The summed E-state index contributed by atoms with van der Waals surface area (Å²) in [6, 6.07) is 5.94. The van der Waals surface area contributed by atoms with E-state index in [-0.39, 0.29) is 5.60 Å². The largest absolute Gasteiger partial charge is 0.470 e. The molecule has 0 unspecified atom stereocenters. The summed E-state index contributed by atoms with van der Waals surface area (Å²) < 4.78 is 11.6. The van der Waals surface area contributed by atoms with E-state index in [1.807, 2.05) is 12.3 Å². The first-order valence-corrected chi connectivity index (χ1v) is 8.43. The number of nitrogens with zero attached hydrogens (tertiary/aromatic N) is 2. The Balaban J connectivity index is 1.48. The number of aromatic nitrogens is 1. The third-order valence-electron chi connectivity index (χ3n) is 5.98. The molecule has 1 aliphatic heterocycles. The quantitative estimate of drug-likeness (QED) is 0.796. The Kier molecular flexibility index (Phi) is 2.64. The average Bonchev–Trinajstić information content (AvgIpc) is 3.19. The Morgan fingerprint density at radius 3 is 2.74 bits per heavy atom. The first-order valence-electron chi connectivity index (χ1n) is 8.43. The highest BCUT2D eigenvalue weighted by atomic mass is 16.5. The highest BCUT2D eigenvalue weighted by Gasteiger charge is 2.52. The predicted octanol–water partition coefficient (Wildman–Crippen LogP) is 4.10. The maximum atomic E-state index is 8.90. The van der Waals surface area contributed by atoms with Gasteiger partial charge in [0.05, 0.1) is 0 Å². The van der Waals surface area contributed by atoms with Gasteiger partial charge in [0.1, 0.15) is 17.9 Å². The zero-order chi connectivity index (χ0) is 15.4. The van der Waals surface area contributed by atoms with Gasteiger partial charge in [-0.2, -0.15) is 5.26 Å². The van der Waals surface area contributed by atoms with Gasteiger partial charge in [-0.25, -0.2) is 4.98 Å². The van der Waals surface area contributed by atoms with Gasteiger partial charge < -0.3 is 9.15 Å². The molecule has 0 radical (unpaired) electrons. The minimum absolute atomic E-state index is 0.00331. The van der Waals surface area contributed by atoms with E-state index in [1.54, 1.807) is 12.3 Å². The van der Waals surface area contributed by atoms with Gasteiger partial charge in [-0.1, -0.05) is 0 Å². The average molecular weight is 306 g/mol. The van der Waals surface area contributed by atoms with E-state index in [0.29, 0.717) is 11.7 Å². The van der Waals surface area contributed by atoms with E-state index in [1.165, 1.54) is 37.7 Å². The molecule has 116 valence electrons. The molecule has 1 atom stereocenters. The molecule has 4 nitrogen and oxygen atoms in total. The van der Waals surface area contributed by atoms with Crippen molar-refractivity contribution in [3.8, 4) is 23.1 Å². The molecule has 0 aromatic carbocycles. The molecule has 2 aromatic heterocycles. The highest BCUT2D eigenvalue weighted by Crippen LogP contribution is 2.54. The van der Waals surface area contributed by atoms with E-state index in [0.717, 1.165) is 29.3 Å². The molecular weight excluding hydrogens is 288 g/mol. The molecular formula is C19H18N2O2. The van der Waals surface area contributed by atoms with Crippen LogP contribution in [0.3, 0.4) is 0 Å². The van der Waals surface area contributed by atoms with Crippen molar-refractivity contribution >= 4 is 0 Å². The van der Waals surface area contributed by atoms with Crippen LogP contribution >= 0.6 is 0 Å². The maximum Gasteiger partial charge on any atom is 0.217 e. The number of ether oxygens (including phenoxy) is 1. The fraction of sp³-hybridized carbons (Fsp3) is 0.474. The van der Waals surface area contributed by atoms with Gasteiger partial charge in [0.2, 0.25) is 11.6 Å². The fourth-order valence-electron chi connectivity index (χ4n) is 4.86. The number of nitriles is 1. The van der Waals surface area contributed by atoms with Crippen molar-refractivity contribution in [3.05, 3.63) is 35.9 Å². The lowest BCUT2D eigenvalue weighted by Gasteiger charge is -2.48. The van der Waals surface area contributed by atoms with Crippen molar-refractivity contribution in [1.82, 2.24) is 4.98 Å². The summed E-state index contributed by atoms with van der Waals surface area (Å²) in [5.41, 5.74) is 3.11. The Morgan fingerprint density at radius 2 is 2.04 bits per heavy atom. The summed E-state index contributed by atoms with van der Waals surface area (Å²) in [5.74, 6) is 2.66. The van der Waals surface area contributed by atoms with Crippen LogP contribution in [0, 0.1) is 23.2 Å². The van der Waals surface area contributed by atoms with Crippen molar-refractivity contribution in [1.29, 1.82) is 5.26 Å². The van der Waals surface area contributed by atoms with Crippen molar-refractivity contribution in [2.24, 2.45) is 11.8 Å². The molecule has 3 saturated carbocycles. The molecule has 3 fully saturated rings. The van der Waals surface area contributed by atoms with E-state index in [2.05, 4.69) is 11.1 Å². The maximum absolute atomic E-state index is 8.90. The van der Waals surface area contributed by atoms with Gasteiger partial charge in [0.15, 0.2) is 0 Å². The van der Waals surface area contributed by atoms with Crippen LogP contribution < -0.4 is 4.74 Å². The lowest BCUT2D eigenvalue weighted by molar-refractivity contribution is -0.0637. The lowest BCUT2D eigenvalue weighted by atomic mass is 9.61. The Bertz CT molecular complexity index is 811. The second-order valence-electron chi connectivity index (χ2n) is 7.27. The normalized spacial score (nSPS) is 30.9. The van der Waals surface area contributed by atoms with Crippen LogP contribution in [0.1, 0.15) is 43.4 Å². The first-order chi connectivity index (χ1) is 11.3. The van der Waals surface area contributed by atoms with Crippen LogP contribution in [-0.4, -0.2) is 10.6 Å². The van der Waals surface area contributed by atoms with Crippen LogP contribution in [0.5, 0.6) is 5.88 Å². The molecule has 3 heterocycles. The number of hydrogen-bond acceptors (Lipinski definition) is 4. The Hall–Kier alpha value is -2.28. The molecule has 0 amide bonds. The topological polar surface area (TPSA) is 59.0 Å². The summed E-state index contributed by atoms with van der Waals surface area (Å²) in [4.78, 5) is 4.56. The van der Waals surface area contributed by atoms with E-state index >= 15 is 0 Å². The second kappa shape index (κ2) is 4.61. The molecule has 0 N–H and O–H groups in total. The molecule has 3 aliphatic carbocycles. The molecule has 0 saturated heterocycles. The lowest BCUT2D eigenvalue weighted by Crippen LogP contribution is -2.50. The molecule has 1 spiro atoms. The number of pyridine rings is 1. The van der Waals surface area contributed by atoms with Gasteiger partial charge in [-0.15, -0.1) is 0 Å². The minimum Gasteiger partial charge on any atom is -0.470 e. The Labute approximate surface area is 135 Å². The van der Waals surface area contributed by atoms with E-state index < -0.39 is 0 Å². The van der Waals surface area contributed by atoms with Crippen molar-refractivity contribution in [2.45, 2.75) is 44.1 Å². The fourth-order valence-corrected chi connectivity index (χ4v) is 4.86. The summed E-state index contributed by atoms with van der Waals surface area (Å²) >= 11 is 0. The second-order valence-corrected chi connectivity index (χ2v) is 7.27. The Morgan fingerprint density at radius 1 is 1.17 bits per heavy atom. The molecule has 6 rings (SSSR count). The van der Waals surface area contributed by atoms with Gasteiger partial charge >= 0.3 is 0 Å². The molecule has 2 aromatic rings. The predicted molar refractivity (Wildman–Crippen MR) is 83.8 cm³/mol. The van der Waals surface area contributed by atoms with Crippen molar-refractivity contribution in [3.63, 3.8) is 0 Å². The smallest absolute Gasteiger partial charge is 0.217 e. The standard InChI is InChI=1S/C19H18N2O2/c20-9-17-6-15(11-22-17)14-5-13-8-19(23-18(13)21-10-14)7-12-1-3-16(19)4-2-12/h5-6,10-12,16H,1-4,7-8H2/t12?,16?,19-/m1/s1. The van der Waals surface area contributed by atoms with Gasteiger partial charge in [-0.3, -0.25) is 0 Å². The third-order valence-corrected chi connectivity index (χ3v) is 5.98. The number of fused-ring (bicyclic) bond motifs is 3. The minimum atomic E-state index is 0.00331. The summed E-state index contributed by atoms with van der Waals surface area (Å²) in [5, 5.41) is 8.90.